The minimum Gasteiger partial charge on any atom is -0.494 e. The quantitative estimate of drug-likeness (QED) is 0.493. The number of aryl methyl sites for hydroxylation is 1. The molecule has 0 aromatic heterocycles. The summed E-state index contributed by atoms with van der Waals surface area (Å²) >= 11 is 5.69. The highest BCUT2D eigenvalue weighted by Crippen LogP contribution is 2.31. The van der Waals surface area contributed by atoms with Crippen LogP contribution in [0.15, 0.2) is 30.3 Å². The first-order valence-electron chi connectivity index (χ1n) is 7.67. The molecule has 0 aliphatic heterocycles. The predicted octanol–water partition coefficient (Wildman–Crippen LogP) is 5.20. The second-order valence-electron chi connectivity index (χ2n) is 4.96. The van der Waals surface area contributed by atoms with E-state index in [1.165, 1.54) is 16.3 Å². The predicted molar refractivity (Wildman–Crippen MR) is 89.9 cm³/mol. The number of unbranched alkanes of at least 4 members (excludes halogenated alkanes) is 1. The molecule has 21 heavy (non-hydrogen) atoms. The van der Waals surface area contributed by atoms with Crippen LogP contribution in [-0.4, -0.2) is 19.1 Å². The second-order valence-corrected chi connectivity index (χ2v) is 5.33. The number of rotatable bonds is 8. The summed E-state index contributed by atoms with van der Waals surface area (Å²) < 4.78 is 11.5. The van der Waals surface area contributed by atoms with Crippen LogP contribution in [0.4, 0.5) is 0 Å². The highest BCUT2D eigenvalue weighted by molar-refractivity contribution is 6.17. The van der Waals surface area contributed by atoms with Crippen molar-refractivity contribution in [3.63, 3.8) is 0 Å². The van der Waals surface area contributed by atoms with E-state index < -0.39 is 0 Å². The lowest BCUT2D eigenvalue weighted by atomic mass is 10.0. The third-order valence-electron chi connectivity index (χ3n) is 3.51. The van der Waals surface area contributed by atoms with Crippen LogP contribution in [0.3, 0.4) is 0 Å². The van der Waals surface area contributed by atoms with E-state index in [1.54, 1.807) is 0 Å². The molecule has 2 aromatic rings. The van der Waals surface area contributed by atoms with Crippen LogP contribution in [-0.2, 0) is 6.42 Å². The molecule has 2 nitrogen and oxygen atoms in total. The normalized spacial score (nSPS) is 10.8. The third-order valence-corrected chi connectivity index (χ3v) is 3.78. The molecule has 2 rings (SSSR count). The monoisotopic (exact) mass is 306 g/mol. The molecule has 2 aromatic carbocycles. The van der Waals surface area contributed by atoms with E-state index in [4.69, 9.17) is 21.1 Å². The van der Waals surface area contributed by atoms with Gasteiger partial charge in [-0.15, -0.1) is 11.6 Å². The Morgan fingerprint density at radius 1 is 1.00 bits per heavy atom. The Balaban J connectivity index is 2.25. The van der Waals surface area contributed by atoms with E-state index in [9.17, 15) is 0 Å². The molecular formula is C18H23ClO2. The summed E-state index contributed by atoms with van der Waals surface area (Å²) in [7, 11) is 0. The molecule has 0 aliphatic rings. The minimum atomic E-state index is 0.688. The van der Waals surface area contributed by atoms with E-state index in [0.717, 1.165) is 37.4 Å². The van der Waals surface area contributed by atoms with Crippen LogP contribution in [0.2, 0.25) is 0 Å². The molecule has 0 amide bonds. The number of hydrogen-bond donors (Lipinski definition) is 0. The van der Waals surface area contributed by atoms with Crippen molar-refractivity contribution in [1.82, 2.24) is 0 Å². The lowest BCUT2D eigenvalue weighted by Crippen LogP contribution is -2.01. The van der Waals surface area contributed by atoms with Crippen molar-refractivity contribution >= 4 is 22.4 Å². The molecule has 0 saturated heterocycles. The number of halogens is 1. The van der Waals surface area contributed by atoms with Gasteiger partial charge >= 0.3 is 0 Å². The lowest BCUT2D eigenvalue weighted by molar-refractivity contribution is 0.307. The molecule has 0 atom stereocenters. The van der Waals surface area contributed by atoms with Crippen LogP contribution in [0.5, 0.6) is 11.5 Å². The van der Waals surface area contributed by atoms with Crippen molar-refractivity contribution in [2.45, 2.75) is 33.1 Å². The van der Waals surface area contributed by atoms with E-state index in [2.05, 4.69) is 31.2 Å². The summed E-state index contributed by atoms with van der Waals surface area (Å²) in [6.45, 7) is 5.58. The number of hydrogen-bond acceptors (Lipinski definition) is 2. The maximum atomic E-state index is 5.93. The molecule has 0 N–H and O–H groups in total. The highest BCUT2D eigenvalue weighted by atomic mass is 35.5. The van der Waals surface area contributed by atoms with Crippen molar-refractivity contribution in [2.75, 3.05) is 19.1 Å². The standard InChI is InChI=1S/C18H23ClO2/c1-3-16-17-9-8-15(20-4-2)13-14(17)7-10-18(16)21-12-6-5-11-19/h7-10,13H,3-6,11-12H2,1-2H3. The molecule has 0 heterocycles. The Kier molecular flexibility index (Phi) is 6.19. The van der Waals surface area contributed by atoms with Gasteiger partial charge in [0.1, 0.15) is 11.5 Å². The molecule has 0 radical (unpaired) electrons. The summed E-state index contributed by atoms with van der Waals surface area (Å²) in [5, 5.41) is 2.45. The molecule has 0 unspecified atom stereocenters. The number of alkyl halides is 1. The van der Waals surface area contributed by atoms with E-state index in [1.807, 2.05) is 13.0 Å². The number of benzene rings is 2. The largest absolute Gasteiger partial charge is 0.494 e. The zero-order valence-corrected chi connectivity index (χ0v) is 13.6. The first-order valence-corrected chi connectivity index (χ1v) is 8.20. The molecule has 3 heteroatoms. The molecule has 0 spiro atoms. The Labute approximate surface area is 132 Å². The van der Waals surface area contributed by atoms with Crippen LogP contribution < -0.4 is 9.47 Å². The molecule has 0 saturated carbocycles. The van der Waals surface area contributed by atoms with Crippen LogP contribution in [0, 0.1) is 0 Å². The smallest absolute Gasteiger partial charge is 0.123 e. The average molecular weight is 307 g/mol. The van der Waals surface area contributed by atoms with Gasteiger partial charge in [0, 0.05) is 11.4 Å². The fraction of sp³-hybridized carbons (Fsp3) is 0.444. The zero-order valence-electron chi connectivity index (χ0n) is 12.8. The third kappa shape index (κ3) is 4.04. The fourth-order valence-corrected chi connectivity index (χ4v) is 2.68. The Bertz CT molecular complexity index is 581. The molecule has 0 fully saturated rings. The first-order chi connectivity index (χ1) is 10.3. The van der Waals surface area contributed by atoms with Crippen molar-refractivity contribution in [3.05, 3.63) is 35.9 Å². The second kappa shape index (κ2) is 8.14. The van der Waals surface area contributed by atoms with Gasteiger partial charge < -0.3 is 9.47 Å². The van der Waals surface area contributed by atoms with Crippen LogP contribution in [0.1, 0.15) is 32.3 Å². The van der Waals surface area contributed by atoms with Gasteiger partial charge in [-0.05, 0) is 55.2 Å². The molecule has 0 bridgehead atoms. The van der Waals surface area contributed by atoms with Crippen molar-refractivity contribution in [1.29, 1.82) is 0 Å². The summed E-state index contributed by atoms with van der Waals surface area (Å²) in [6, 6.07) is 10.4. The SMILES string of the molecule is CCOc1ccc2c(CC)c(OCCCCCl)ccc2c1. The van der Waals surface area contributed by atoms with Gasteiger partial charge in [0.05, 0.1) is 13.2 Å². The Morgan fingerprint density at radius 2 is 1.86 bits per heavy atom. The van der Waals surface area contributed by atoms with Gasteiger partial charge in [0.25, 0.3) is 0 Å². The number of ether oxygens (including phenoxy) is 2. The first kappa shape index (κ1) is 16.0. The fourth-order valence-electron chi connectivity index (χ4n) is 2.49. The molecule has 0 aliphatic carbocycles. The van der Waals surface area contributed by atoms with Gasteiger partial charge in [0.15, 0.2) is 0 Å². The summed E-state index contributed by atoms with van der Waals surface area (Å²) in [5.41, 5.74) is 1.27. The van der Waals surface area contributed by atoms with E-state index >= 15 is 0 Å². The summed E-state index contributed by atoms with van der Waals surface area (Å²) in [4.78, 5) is 0. The summed E-state index contributed by atoms with van der Waals surface area (Å²) in [5.74, 6) is 2.61. The zero-order chi connectivity index (χ0) is 15.1. The van der Waals surface area contributed by atoms with Crippen molar-refractivity contribution in [2.24, 2.45) is 0 Å². The van der Waals surface area contributed by atoms with Gasteiger partial charge in [-0.2, -0.15) is 0 Å². The molecular weight excluding hydrogens is 284 g/mol. The van der Waals surface area contributed by atoms with Crippen molar-refractivity contribution < 1.29 is 9.47 Å². The minimum absolute atomic E-state index is 0.688. The van der Waals surface area contributed by atoms with Gasteiger partial charge in [-0.3, -0.25) is 0 Å². The number of fused-ring (bicyclic) bond motifs is 1. The maximum Gasteiger partial charge on any atom is 0.123 e. The Hall–Kier alpha value is -1.41. The topological polar surface area (TPSA) is 18.5 Å². The van der Waals surface area contributed by atoms with Gasteiger partial charge in [-0.1, -0.05) is 19.1 Å². The van der Waals surface area contributed by atoms with Crippen LogP contribution in [0.25, 0.3) is 10.8 Å². The maximum absolute atomic E-state index is 5.93. The van der Waals surface area contributed by atoms with Gasteiger partial charge in [0.2, 0.25) is 0 Å². The van der Waals surface area contributed by atoms with E-state index in [-0.39, 0.29) is 0 Å². The van der Waals surface area contributed by atoms with E-state index in [0.29, 0.717) is 12.5 Å². The van der Waals surface area contributed by atoms with Crippen molar-refractivity contribution in [3.8, 4) is 11.5 Å². The van der Waals surface area contributed by atoms with Gasteiger partial charge in [-0.25, -0.2) is 0 Å². The highest BCUT2D eigenvalue weighted by Gasteiger charge is 2.08. The lowest BCUT2D eigenvalue weighted by Gasteiger charge is -2.14. The Morgan fingerprint density at radius 3 is 2.57 bits per heavy atom. The van der Waals surface area contributed by atoms with Crippen LogP contribution >= 0.6 is 11.6 Å². The molecule has 114 valence electrons. The average Bonchev–Trinajstić information content (AvgIpc) is 2.51. The summed E-state index contributed by atoms with van der Waals surface area (Å²) in [6.07, 6.45) is 2.94.